The highest BCUT2D eigenvalue weighted by atomic mass is 16.3. The van der Waals surface area contributed by atoms with Crippen LogP contribution < -0.4 is 0 Å². The Bertz CT molecular complexity index is 458. The Balaban J connectivity index is 2.06. The fourth-order valence-electron chi connectivity index (χ4n) is 4.11. The van der Waals surface area contributed by atoms with Gasteiger partial charge in [0.05, 0.1) is 24.2 Å². The molecule has 1 aromatic rings. The first kappa shape index (κ1) is 12.2. The molecule has 3 heteroatoms. The molecule has 3 rings (SSSR count). The van der Waals surface area contributed by atoms with E-state index in [4.69, 9.17) is 4.42 Å². The minimum Gasteiger partial charge on any atom is -0.472 e. The maximum atomic E-state index is 10.8. The highest BCUT2D eigenvalue weighted by Crippen LogP contribution is 2.56. The van der Waals surface area contributed by atoms with Crippen LogP contribution in [0.3, 0.4) is 0 Å². The van der Waals surface area contributed by atoms with Gasteiger partial charge < -0.3 is 14.6 Å². The normalized spacial score (nSPS) is 42.2. The second-order valence-electron chi connectivity index (χ2n) is 7.17. The van der Waals surface area contributed by atoms with Gasteiger partial charge in [-0.3, -0.25) is 0 Å². The summed E-state index contributed by atoms with van der Waals surface area (Å²) in [5, 5.41) is 21.4. The van der Waals surface area contributed by atoms with Crippen molar-refractivity contribution in [3.63, 3.8) is 0 Å². The molecule has 0 amide bonds. The molecule has 4 atom stereocenters. The molecule has 100 valence electrons. The third-order valence-electron chi connectivity index (χ3n) is 4.93. The molecule has 1 saturated carbocycles. The molecule has 0 bridgehead atoms. The van der Waals surface area contributed by atoms with Crippen LogP contribution in [-0.4, -0.2) is 15.8 Å². The lowest BCUT2D eigenvalue weighted by Gasteiger charge is -2.33. The van der Waals surface area contributed by atoms with E-state index >= 15 is 0 Å². The first-order valence-corrected chi connectivity index (χ1v) is 6.76. The first-order valence-electron chi connectivity index (χ1n) is 6.76. The SMILES string of the molecule is CC1(C)C[C@H]2[C@@H](C1)[C@](C)(O)Cc1cocc1[C@@H]2O. The summed E-state index contributed by atoms with van der Waals surface area (Å²) in [5.74, 6) is 0.295. The predicted molar refractivity (Wildman–Crippen MR) is 68.0 cm³/mol. The molecule has 1 heterocycles. The summed E-state index contributed by atoms with van der Waals surface area (Å²) >= 11 is 0. The van der Waals surface area contributed by atoms with Crippen molar-refractivity contribution >= 4 is 0 Å². The van der Waals surface area contributed by atoms with Crippen LogP contribution in [-0.2, 0) is 6.42 Å². The van der Waals surface area contributed by atoms with E-state index in [1.807, 2.05) is 6.92 Å². The van der Waals surface area contributed by atoms with E-state index in [1.165, 1.54) is 0 Å². The van der Waals surface area contributed by atoms with Crippen molar-refractivity contribution in [2.75, 3.05) is 0 Å². The van der Waals surface area contributed by atoms with Crippen LogP contribution in [0.4, 0.5) is 0 Å². The number of fused-ring (bicyclic) bond motifs is 2. The molecule has 0 radical (unpaired) electrons. The van der Waals surface area contributed by atoms with Gasteiger partial charge in [0, 0.05) is 12.0 Å². The van der Waals surface area contributed by atoms with Crippen LogP contribution in [0.1, 0.15) is 50.8 Å². The average Bonchev–Trinajstić information content (AvgIpc) is 2.79. The van der Waals surface area contributed by atoms with Gasteiger partial charge in [-0.2, -0.15) is 0 Å². The van der Waals surface area contributed by atoms with Crippen molar-refractivity contribution < 1.29 is 14.6 Å². The number of rotatable bonds is 0. The maximum Gasteiger partial charge on any atom is 0.0963 e. The van der Waals surface area contributed by atoms with Crippen molar-refractivity contribution in [1.82, 2.24) is 0 Å². The van der Waals surface area contributed by atoms with Gasteiger partial charge in [-0.1, -0.05) is 13.8 Å². The highest BCUT2D eigenvalue weighted by Gasteiger charge is 2.52. The highest BCUT2D eigenvalue weighted by molar-refractivity contribution is 5.29. The lowest BCUT2D eigenvalue weighted by molar-refractivity contribution is -0.0392. The summed E-state index contributed by atoms with van der Waals surface area (Å²) in [7, 11) is 0. The van der Waals surface area contributed by atoms with Gasteiger partial charge in [0.15, 0.2) is 0 Å². The predicted octanol–water partition coefficient (Wildman–Crippen LogP) is 2.67. The van der Waals surface area contributed by atoms with E-state index in [0.29, 0.717) is 6.42 Å². The second kappa shape index (κ2) is 3.61. The van der Waals surface area contributed by atoms with Crippen molar-refractivity contribution in [3.8, 4) is 0 Å². The van der Waals surface area contributed by atoms with Crippen molar-refractivity contribution in [2.45, 2.75) is 51.7 Å². The minimum atomic E-state index is -0.755. The quantitative estimate of drug-likeness (QED) is 0.744. The van der Waals surface area contributed by atoms with Crippen LogP contribution in [0.25, 0.3) is 0 Å². The zero-order valence-electron chi connectivity index (χ0n) is 11.3. The molecular formula is C15H22O3. The Morgan fingerprint density at radius 3 is 2.67 bits per heavy atom. The summed E-state index contributed by atoms with van der Waals surface area (Å²) in [4.78, 5) is 0. The average molecular weight is 250 g/mol. The van der Waals surface area contributed by atoms with Crippen molar-refractivity contribution in [3.05, 3.63) is 23.7 Å². The third kappa shape index (κ3) is 1.72. The fourth-order valence-corrected chi connectivity index (χ4v) is 4.11. The molecule has 1 fully saturated rings. The molecule has 18 heavy (non-hydrogen) atoms. The smallest absolute Gasteiger partial charge is 0.0963 e. The van der Waals surface area contributed by atoms with Crippen LogP contribution in [0.5, 0.6) is 0 Å². The van der Waals surface area contributed by atoms with Crippen LogP contribution in [0, 0.1) is 17.3 Å². The lowest BCUT2D eigenvalue weighted by atomic mass is 9.78. The van der Waals surface area contributed by atoms with E-state index in [-0.39, 0.29) is 17.3 Å². The molecule has 0 aliphatic heterocycles. The van der Waals surface area contributed by atoms with Crippen molar-refractivity contribution in [2.24, 2.45) is 17.3 Å². The summed E-state index contributed by atoms with van der Waals surface area (Å²) in [5.41, 5.74) is 1.27. The number of hydrogen-bond acceptors (Lipinski definition) is 3. The van der Waals surface area contributed by atoms with E-state index < -0.39 is 11.7 Å². The van der Waals surface area contributed by atoms with Crippen LogP contribution >= 0.6 is 0 Å². The largest absolute Gasteiger partial charge is 0.472 e. The fraction of sp³-hybridized carbons (Fsp3) is 0.733. The van der Waals surface area contributed by atoms with Gasteiger partial charge in [-0.25, -0.2) is 0 Å². The van der Waals surface area contributed by atoms with E-state index in [2.05, 4.69) is 13.8 Å². The summed E-state index contributed by atoms with van der Waals surface area (Å²) in [6, 6.07) is 0. The third-order valence-corrected chi connectivity index (χ3v) is 4.93. The molecule has 2 aliphatic carbocycles. The number of hydrogen-bond donors (Lipinski definition) is 2. The van der Waals surface area contributed by atoms with E-state index in [0.717, 1.165) is 24.0 Å². The van der Waals surface area contributed by atoms with Gasteiger partial charge >= 0.3 is 0 Å². The first-order chi connectivity index (χ1) is 8.30. The monoisotopic (exact) mass is 250 g/mol. The number of aliphatic hydroxyl groups is 2. The Kier molecular flexibility index (Phi) is 2.46. The summed E-state index contributed by atoms with van der Waals surface area (Å²) in [6.07, 6.45) is 5.32. The number of aliphatic hydroxyl groups excluding tert-OH is 1. The van der Waals surface area contributed by atoms with Gasteiger partial charge in [0.25, 0.3) is 0 Å². The Labute approximate surface area is 108 Å². The second-order valence-corrected chi connectivity index (χ2v) is 7.17. The molecule has 0 unspecified atom stereocenters. The van der Waals surface area contributed by atoms with Gasteiger partial charge in [-0.05, 0) is 42.6 Å². The van der Waals surface area contributed by atoms with Crippen LogP contribution in [0.2, 0.25) is 0 Å². The Hall–Kier alpha value is -0.800. The lowest BCUT2D eigenvalue weighted by Crippen LogP contribution is -2.38. The molecule has 0 saturated heterocycles. The Morgan fingerprint density at radius 2 is 1.94 bits per heavy atom. The topological polar surface area (TPSA) is 53.6 Å². The maximum absolute atomic E-state index is 10.8. The van der Waals surface area contributed by atoms with E-state index in [9.17, 15) is 10.2 Å². The molecule has 0 aromatic carbocycles. The summed E-state index contributed by atoms with van der Waals surface area (Å²) in [6.45, 7) is 6.35. The molecule has 1 aromatic heterocycles. The molecule has 3 nitrogen and oxygen atoms in total. The van der Waals surface area contributed by atoms with Gasteiger partial charge in [0.1, 0.15) is 0 Å². The number of furan rings is 1. The van der Waals surface area contributed by atoms with E-state index in [1.54, 1.807) is 12.5 Å². The minimum absolute atomic E-state index is 0.133. The zero-order valence-corrected chi connectivity index (χ0v) is 11.3. The molecule has 0 spiro atoms. The Morgan fingerprint density at radius 1 is 1.22 bits per heavy atom. The molecule has 2 aliphatic rings. The molecular weight excluding hydrogens is 228 g/mol. The van der Waals surface area contributed by atoms with Crippen LogP contribution in [0.15, 0.2) is 16.9 Å². The van der Waals surface area contributed by atoms with Crippen molar-refractivity contribution in [1.29, 1.82) is 0 Å². The zero-order chi connectivity index (χ0) is 13.1. The van der Waals surface area contributed by atoms with Gasteiger partial charge in [-0.15, -0.1) is 0 Å². The standard InChI is InChI=1S/C15H22O3/c1-14(2)5-10-12(6-14)15(3,17)4-9-7-18-8-11(9)13(10)16/h7-8,10,12-13,16-17H,4-6H2,1-3H3/t10-,12+,13+,15+/m0/s1. The summed E-state index contributed by atoms with van der Waals surface area (Å²) < 4.78 is 5.22. The molecule has 2 N–H and O–H groups in total. The van der Waals surface area contributed by atoms with Gasteiger partial charge in [0.2, 0.25) is 0 Å².